The summed E-state index contributed by atoms with van der Waals surface area (Å²) < 4.78 is 5.32. The van der Waals surface area contributed by atoms with Crippen molar-refractivity contribution in [1.29, 1.82) is 0 Å². The number of nitrogens with zero attached hydrogens (tertiary/aromatic N) is 2. The molecular formula is C18H23N3O2. The van der Waals surface area contributed by atoms with Crippen molar-refractivity contribution in [2.75, 3.05) is 29.9 Å². The van der Waals surface area contributed by atoms with Crippen LogP contribution in [0.3, 0.4) is 0 Å². The van der Waals surface area contributed by atoms with Crippen LogP contribution in [0.25, 0.3) is 0 Å². The van der Waals surface area contributed by atoms with E-state index < -0.39 is 0 Å². The zero-order chi connectivity index (χ0) is 16.7. The average molecular weight is 313 g/mol. The summed E-state index contributed by atoms with van der Waals surface area (Å²) in [4.78, 5) is 18.6. The van der Waals surface area contributed by atoms with Crippen LogP contribution in [-0.4, -0.2) is 30.6 Å². The van der Waals surface area contributed by atoms with Crippen molar-refractivity contribution < 1.29 is 9.53 Å². The molecule has 0 bridgehead atoms. The first kappa shape index (κ1) is 16.8. The summed E-state index contributed by atoms with van der Waals surface area (Å²) in [7, 11) is 0. The minimum Gasteiger partial charge on any atom is -0.478 e. The molecular weight excluding hydrogens is 290 g/mol. The van der Waals surface area contributed by atoms with Gasteiger partial charge in [-0.1, -0.05) is 0 Å². The molecule has 5 nitrogen and oxygen atoms in total. The van der Waals surface area contributed by atoms with E-state index in [9.17, 15) is 4.79 Å². The Morgan fingerprint density at radius 1 is 1.13 bits per heavy atom. The number of hydrogen-bond donors (Lipinski definition) is 1. The second kappa shape index (κ2) is 8.17. The zero-order valence-corrected chi connectivity index (χ0v) is 13.9. The molecule has 0 aliphatic heterocycles. The molecule has 0 aliphatic rings. The molecule has 1 amide bonds. The zero-order valence-electron chi connectivity index (χ0n) is 13.9. The molecule has 23 heavy (non-hydrogen) atoms. The Hall–Kier alpha value is -2.56. The maximum atomic E-state index is 12.3. The van der Waals surface area contributed by atoms with Crippen molar-refractivity contribution in [3.8, 4) is 5.88 Å². The number of amides is 1. The van der Waals surface area contributed by atoms with Gasteiger partial charge < -0.3 is 15.0 Å². The van der Waals surface area contributed by atoms with Gasteiger partial charge in [-0.3, -0.25) is 4.79 Å². The largest absolute Gasteiger partial charge is 0.478 e. The Bertz CT molecular complexity index is 637. The Morgan fingerprint density at radius 3 is 2.43 bits per heavy atom. The van der Waals surface area contributed by atoms with E-state index in [0.29, 0.717) is 18.1 Å². The van der Waals surface area contributed by atoms with Crippen LogP contribution >= 0.6 is 0 Å². The highest BCUT2D eigenvalue weighted by atomic mass is 16.5. The lowest BCUT2D eigenvalue weighted by molar-refractivity contribution is 0.102. The number of nitrogens with one attached hydrogen (secondary N) is 1. The smallest absolute Gasteiger partial charge is 0.255 e. The summed E-state index contributed by atoms with van der Waals surface area (Å²) in [6.45, 7) is 8.56. The van der Waals surface area contributed by atoms with E-state index >= 15 is 0 Å². The molecule has 0 saturated heterocycles. The number of carbonyl (C=O) groups is 1. The molecule has 122 valence electrons. The Balaban J connectivity index is 2.06. The molecule has 0 saturated carbocycles. The SMILES string of the molecule is CCOc1cc(C(=O)Nc2ccc(N(CC)CC)cc2)ccn1. The van der Waals surface area contributed by atoms with Crippen LogP contribution in [0, 0.1) is 0 Å². The lowest BCUT2D eigenvalue weighted by Crippen LogP contribution is -2.21. The normalized spacial score (nSPS) is 10.2. The van der Waals surface area contributed by atoms with Crippen molar-refractivity contribution in [3.63, 3.8) is 0 Å². The summed E-state index contributed by atoms with van der Waals surface area (Å²) in [5.41, 5.74) is 2.44. The standard InChI is InChI=1S/C18H23N3O2/c1-4-21(5-2)16-9-7-15(8-10-16)20-18(22)14-11-12-19-17(13-14)23-6-3/h7-13H,4-6H2,1-3H3,(H,20,22). The predicted molar refractivity (Wildman–Crippen MR) is 93.4 cm³/mol. The fraction of sp³-hybridized carbons (Fsp3) is 0.333. The van der Waals surface area contributed by atoms with Crippen LogP contribution in [0.4, 0.5) is 11.4 Å². The van der Waals surface area contributed by atoms with Gasteiger partial charge in [-0.05, 0) is 51.1 Å². The van der Waals surface area contributed by atoms with Crippen molar-refractivity contribution in [1.82, 2.24) is 4.98 Å². The lowest BCUT2D eigenvalue weighted by Gasteiger charge is -2.21. The Kier molecular flexibility index (Phi) is 5.97. The van der Waals surface area contributed by atoms with E-state index in [1.54, 1.807) is 18.3 Å². The first-order valence-electron chi connectivity index (χ1n) is 7.93. The number of carbonyl (C=O) groups excluding carboxylic acids is 1. The molecule has 1 heterocycles. The number of benzene rings is 1. The van der Waals surface area contributed by atoms with E-state index in [-0.39, 0.29) is 5.91 Å². The third-order valence-corrected chi connectivity index (χ3v) is 3.54. The van der Waals surface area contributed by atoms with Gasteiger partial charge in [-0.15, -0.1) is 0 Å². The first-order valence-corrected chi connectivity index (χ1v) is 7.93. The molecule has 2 rings (SSSR count). The summed E-state index contributed by atoms with van der Waals surface area (Å²) in [5, 5.41) is 2.89. The van der Waals surface area contributed by atoms with Crippen molar-refractivity contribution in [2.45, 2.75) is 20.8 Å². The van der Waals surface area contributed by atoms with E-state index in [0.717, 1.165) is 24.5 Å². The number of hydrogen-bond acceptors (Lipinski definition) is 4. The number of ether oxygens (including phenoxy) is 1. The van der Waals surface area contributed by atoms with Gasteiger partial charge in [0, 0.05) is 42.3 Å². The van der Waals surface area contributed by atoms with Crippen LogP contribution in [0.2, 0.25) is 0 Å². The van der Waals surface area contributed by atoms with Crippen molar-refractivity contribution in [2.24, 2.45) is 0 Å². The van der Waals surface area contributed by atoms with Crippen LogP contribution in [0.1, 0.15) is 31.1 Å². The molecule has 0 unspecified atom stereocenters. The molecule has 0 fully saturated rings. The molecule has 1 aromatic heterocycles. The minimum absolute atomic E-state index is 0.177. The summed E-state index contributed by atoms with van der Waals surface area (Å²) >= 11 is 0. The van der Waals surface area contributed by atoms with Gasteiger partial charge in [-0.2, -0.15) is 0 Å². The maximum absolute atomic E-state index is 12.3. The van der Waals surface area contributed by atoms with E-state index in [1.165, 1.54) is 0 Å². The van der Waals surface area contributed by atoms with E-state index in [2.05, 4.69) is 29.0 Å². The van der Waals surface area contributed by atoms with Crippen LogP contribution in [-0.2, 0) is 0 Å². The summed E-state index contributed by atoms with van der Waals surface area (Å²) in [6, 6.07) is 11.2. The highest BCUT2D eigenvalue weighted by molar-refractivity contribution is 6.04. The third kappa shape index (κ3) is 4.45. The monoisotopic (exact) mass is 313 g/mol. The second-order valence-corrected chi connectivity index (χ2v) is 4.99. The van der Waals surface area contributed by atoms with Gasteiger partial charge in [0.15, 0.2) is 0 Å². The van der Waals surface area contributed by atoms with Crippen molar-refractivity contribution in [3.05, 3.63) is 48.2 Å². The Labute approximate surface area is 137 Å². The van der Waals surface area contributed by atoms with Crippen LogP contribution in [0.5, 0.6) is 5.88 Å². The molecule has 5 heteroatoms. The van der Waals surface area contributed by atoms with Crippen molar-refractivity contribution >= 4 is 17.3 Å². The van der Waals surface area contributed by atoms with Gasteiger partial charge in [0.25, 0.3) is 5.91 Å². The summed E-state index contributed by atoms with van der Waals surface area (Å²) in [6.07, 6.45) is 1.57. The fourth-order valence-corrected chi connectivity index (χ4v) is 2.33. The second-order valence-electron chi connectivity index (χ2n) is 4.99. The van der Waals surface area contributed by atoms with Gasteiger partial charge in [0.2, 0.25) is 5.88 Å². The lowest BCUT2D eigenvalue weighted by atomic mass is 10.2. The molecule has 0 radical (unpaired) electrons. The number of anilines is 2. The molecule has 0 aliphatic carbocycles. The molecule has 0 spiro atoms. The predicted octanol–water partition coefficient (Wildman–Crippen LogP) is 3.58. The fourth-order valence-electron chi connectivity index (χ4n) is 2.33. The first-order chi connectivity index (χ1) is 11.2. The highest BCUT2D eigenvalue weighted by Gasteiger charge is 2.08. The third-order valence-electron chi connectivity index (χ3n) is 3.54. The molecule has 1 N–H and O–H groups in total. The molecule has 0 atom stereocenters. The molecule has 1 aromatic carbocycles. The van der Waals surface area contributed by atoms with Gasteiger partial charge >= 0.3 is 0 Å². The molecule has 2 aromatic rings. The number of rotatable bonds is 7. The number of aromatic nitrogens is 1. The quantitative estimate of drug-likeness (QED) is 0.849. The van der Waals surface area contributed by atoms with E-state index in [1.807, 2.05) is 31.2 Å². The highest BCUT2D eigenvalue weighted by Crippen LogP contribution is 2.18. The minimum atomic E-state index is -0.177. The average Bonchev–Trinajstić information content (AvgIpc) is 2.58. The van der Waals surface area contributed by atoms with Gasteiger partial charge in [-0.25, -0.2) is 4.98 Å². The van der Waals surface area contributed by atoms with Gasteiger partial charge in [0.05, 0.1) is 6.61 Å². The van der Waals surface area contributed by atoms with Crippen LogP contribution < -0.4 is 15.0 Å². The number of pyridine rings is 1. The summed E-state index contributed by atoms with van der Waals surface area (Å²) in [5.74, 6) is 0.279. The van der Waals surface area contributed by atoms with Gasteiger partial charge in [0.1, 0.15) is 0 Å². The van der Waals surface area contributed by atoms with E-state index in [4.69, 9.17) is 4.74 Å². The topological polar surface area (TPSA) is 54.5 Å². The van der Waals surface area contributed by atoms with Crippen LogP contribution in [0.15, 0.2) is 42.6 Å². The maximum Gasteiger partial charge on any atom is 0.255 e. The Morgan fingerprint density at radius 2 is 1.83 bits per heavy atom.